The Hall–Kier alpha value is -1.95. The topological polar surface area (TPSA) is 68.9 Å². The molecule has 1 N–H and O–H groups in total. The molecule has 0 aliphatic rings. The predicted octanol–water partition coefficient (Wildman–Crippen LogP) is 3.33. The van der Waals surface area contributed by atoms with Crippen LogP contribution in [0.15, 0.2) is 39.2 Å². The highest BCUT2D eigenvalue weighted by Crippen LogP contribution is 2.29. The van der Waals surface area contributed by atoms with Gasteiger partial charge in [0.25, 0.3) is 0 Å². The van der Waals surface area contributed by atoms with Gasteiger partial charge < -0.3 is 19.0 Å². The number of carboxylic acid groups (broad SMARTS) is 1. The van der Waals surface area contributed by atoms with Gasteiger partial charge in [-0.1, -0.05) is 0 Å². The van der Waals surface area contributed by atoms with E-state index in [0.717, 1.165) is 4.47 Å². The molecule has 2 rings (SSSR count). The van der Waals surface area contributed by atoms with Crippen LogP contribution in [-0.2, 0) is 6.61 Å². The Kier molecular flexibility index (Phi) is 4.11. The highest BCUT2D eigenvalue weighted by molar-refractivity contribution is 9.10. The largest absolute Gasteiger partial charge is 0.497 e. The van der Waals surface area contributed by atoms with Crippen LogP contribution in [0.1, 0.15) is 16.3 Å². The minimum atomic E-state index is -1.10. The van der Waals surface area contributed by atoms with Crippen LogP contribution >= 0.6 is 15.9 Å². The molecular weight excluding hydrogens is 316 g/mol. The Morgan fingerprint density at radius 1 is 1.37 bits per heavy atom. The van der Waals surface area contributed by atoms with Crippen LogP contribution in [0.2, 0.25) is 0 Å². The quantitative estimate of drug-likeness (QED) is 0.912. The summed E-state index contributed by atoms with van der Waals surface area (Å²) < 4.78 is 16.4. The minimum Gasteiger partial charge on any atom is -0.497 e. The van der Waals surface area contributed by atoms with Crippen molar-refractivity contribution >= 4 is 21.9 Å². The lowest BCUT2D eigenvalue weighted by Gasteiger charge is -2.08. The van der Waals surface area contributed by atoms with Gasteiger partial charge in [-0.05, 0) is 46.3 Å². The molecular formula is C13H11BrO5. The Morgan fingerprint density at radius 2 is 2.16 bits per heavy atom. The van der Waals surface area contributed by atoms with E-state index in [-0.39, 0.29) is 12.4 Å². The van der Waals surface area contributed by atoms with Gasteiger partial charge in [0.05, 0.1) is 11.6 Å². The molecule has 19 heavy (non-hydrogen) atoms. The number of hydrogen-bond acceptors (Lipinski definition) is 4. The molecule has 0 amide bonds. The fourth-order valence-electron chi connectivity index (χ4n) is 1.44. The average molecular weight is 327 g/mol. The summed E-state index contributed by atoms with van der Waals surface area (Å²) in [5.41, 5.74) is 0. The summed E-state index contributed by atoms with van der Waals surface area (Å²) in [7, 11) is 1.58. The number of hydrogen-bond donors (Lipinski definition) is 1. The first-order valence-electron chi connectivity index (χ1n) is 5.38. The lowest BCUT2D eigenvalue weighted by molar-refractivity contribution is 0.0658. The number of carbonyl (C=O) groups is 1. The summed E-state index contributed by atoms with van der Waals surface area (Å²) in [6.07, 6.45) is 0. The summed E-state index contributed by atoms with van der Waals surface area (Å²) in [6, 6.07) is 8.26. The molecule has 0 bridgehead atoms. The van der Waals surface area contributed by atoms with Gasteiger partial charge >= 0.3 is 5.97 Å². The molecule has 0 aliphatic carbocycles. The average Bonchev–Trinajstić information content (AvgIpc) is 2.86. The highest BCUT2D eigenvalue weighted by atomic mass is 79.9. The first-order chi connectivity index (χ1) is 9.10. The molecule has 1 aromatic heterocycles. The van der Waals surface area contributed by atoms with Crippen LogP contribution < -0.4 is 9.47 Å². The van der Waals surface area contributed by atoms with E-state index >= 15 is 0 Å². The Labute approximate surface area is 117 Å². The second-order valence-corrected chi connectivity index (χ2v) is 4.51. The molecule has 0 unspecified atom stereocenters. The number of halogens is 1. The number of ether oxygens (including phenoxy) is 2. The van der Waals surface area contributed by atoms with Crippen LogP contribution in [0.5, 0.6) is 11.5 Å². The van der Waals surface area contributed by atoms with Gasteiger partial charge in [-0.15, -0.1) is 0 Å². The predicted molar refractivity (Wildman–Crippen MR) is 70.7 cm³/mol. The molecule has 0 radical (unpaired) electrons. The van der Waals surface area contributed by atoms with Gasteiger partial charge in [-0.3, -0.25) is 0 Å². The van der Waals surface area contributed by atoms with Gasteiger partial charge in [0.15, 0.2) is 0 Å². The normalized spacial score (nSPS) is 10.2. The summed E-state index contributed by atoms with van der Waals surface area (Å²) in [6.45, 7) is 0.151. The Balaban J connectivity index is 2.03. The van der Waals surface area contributed by atoms with Crippen molar-refractivity contribution in [3.8, 4) is 11.5 Å². The number of furan rings is 1. The third kappa shape index (κ3) is 3.29. The summed E-state index contributed by atoms with van der Waals surface area (Å²) in [5, 5.41) is 8.73. The van der Waals surface area contributed by atoms with E-state index in [1.165, 1.54) is 6.07 Å². The second kappa shape index (κ2) is 5.79. The van der Waals surface area contributed by atoms with Crippen LogP contribution in [-0.4, -0.2) is 18.2 Å². The van der Waals surface area contributed by atoms with Crippen molar-refractivity contribution in [1.82, 2.24) is 0 Å². The molecule has 6 heteroatoms. The van der Waals surface area contributed by atoms with Crippen molar-refractivity contribution in [2.24, 2.45) is 0 Å². The molecule has 100 valence electrons. The number of aromatic carboxylic acids is 1. The zero-order valence-electron chi connectivity index (χ0n) is 10.1. The molecule has 0 atom stereocenters. The van der Waals surface area contributed by atoms with E-state index in [1.54, 1.807) is 31.4 Å². The van der Waals surface area contributed by atoms with Crippen molar-refractivity contribution in [3.63, 3.8) is 0 Å². The van der Waals surface area contributed by atoms with Gasteiger partial charge in [-0.2, -0.15) is 0 Å². The van der Waals surface area contributed by atoms with E-state index in [9.17, 15) is 4.79 Å². The van der Waals surface area contributed by atoms with E-state index in [2.05, 4.69) is 15.9 Å². The van der Waals surface area contributed by atoms with Crippen molar-refractivity contribution < 1.29 is 23.8 Å². The Morgan fingerprint density at radius 3 is 2.74 bits per heavy atom. The molecule has 2 aromatic rings. The van der Waals surface area contributed by atoms with Gasteiger partial charge in [0.2, 0.25) is 5.76 Å². The maximum absolute atomic E-state index is 10.7. The maximum atomic E-state index is 10.7. The number of rotatable bonds is 5. The van der Waals surface area contributed by atoms with Gasteiger partial charge in [-0.25, -0.2) is 4.79 Å². The lowest BCUT2D eigenvalue weighted by atomic mass is 10.3. The molecule has 0 saturated carbocycles. The lowest BCUT2D eigenvalue weighted by Crippen LogP contribution is -1.96. The van der Waals surface area contributed by atoms with Crippen LogP contribution in [0.4, 0.5) is 0 Å². The minimum absolute atomic E-state index is 0.104. The molecule has 0 fully saturated rings. The fraction of sp³-hybridized carbons (Fsp3) is 0.154. The summed E-state index contributed by atoms with van der Waals surface area (Å²) in [5.74, 6) is 0.573. The van der Waals surface area contributed by atoms with Gasteiger partial charge in [0.1, 0.15) is 23.9 Å². The molecule has 0 saturated heterocycles. The number of methoxy groups -OCH3 is 1. The molecule has 1 heterocycles. The summed E-state index contributed by atoms with van der Waals surface area (Å²) >= 11 is 3.36. The first-order valence-corrected chi connectivity index (χ1v) is 6.18. The monoisotopic (exact) mass is 326 g/mol. The number of carboxylic acids is 1. The van der Waals surface area contributed by atoms with Crippen molar-refractivity contribution in [2.75, 3.05) is 7.11 Å². The molecule has 1 aromatic carbocycles. The van der Waals surface area contributed by atoms with E-state index in [1.807, 2.05) is 0 Å². The first kappa shape index (κ1) is 13.5. The zero-order chi connectivity index (χ0) is 13.8. The Bertz CT molecular complexity index is 590. The van der Waals surface area contributed by atoms with Gasteiger partial charge in [0, 0.05) is 0 Å². The molecule has 0 spiro atoms. The van der Waals surface area contributed by atoms with Crippen molar-refractivity contribution in [1.29, 1.82) is 0 Å². The standard InChI is InChI=1S/C13H11BrO5/c1-17-8-2-4-11(10(14)6-8)18-7-9-3-5-12(19-9)13(15)16/h2-6H,7H2,1H3,(H,15,16). The second-order valence-electron chi connectivity index (χ2n) is 3.66. The SMILES string of the molecule is COc1ccc(OCc2ccc(C(=O)O)o2)c(Br)c1. The number of benzene rings is 1. The highest BCUT2D eigenvalue weighted by Gasteiger charge is 2.10. The molecule has 0 aliphatic heterocycles. The van der Waals surface area contributed by atoms with E-state index < -0.39 is 5.97 Å². The van der Waals surface area contributed by atoms with E-state index in [4.69, 9.17) is 19.0 Å². The maximum Gasteiger partial charge on any atom is 0.371 e. The third-order valence-corrected chi connectivity index (χ3v) is 3.00. The van der Waals surface area contributed by atoms with Crippen LogP contribution in [0, 0.1) is 0 Å². The van der Waals surface area contributed by atoms with Crippen LogP contribution in [0.3, 0.4) is 0 Å². The summed E-state index contributed by atoms with van der Waals surface area (Å²) in [4.78, 5) is 10.7. The van der Waals surface area contributed by atoms with E-state index in [0.29, 0.717) is 17.3 Å². The fourth-order valence-corrected chi connectivity index (χ4v) is 1.92. The van der Waals surface area contributed by atoms with Crippen molar-refractivity contribution in [2.45, 2.75) is 6.61 Å². The smallest absolute Gasteiger partial charge is 0.371 e. The molecule has 5 nitrogen and oxygen atoms in total. The zero-order valence-corrected chi connectivity index (χ0v) is 11.6. The van der Waals surface area contributed by atoms with Crippen LogP contribution in [0.25, 0.3) is 0 Å². The van der Waals surface area contributed by atoms with Crippen molar-refractivity contribution in [3.05, 3.63) is 46.3 Å². The third-order valence-electron chi connectivity index (χ3n) is 2.38.